The third-order valence-electron chi connectivity index (χ3n) is 4.88. The van der Waals surface area contributed by atoms with Gasteiger partial charge in [0.05, 0.1) is 38.6 Å². The van der Waals surface area contributed by atoms with Crippen LogP contribution in [0.15, 0.2) is 54.7 Å². The number of aryl methyl sites for hydroxylation is 1. The van der Waals surface area contributed by atoms with E-state index in [1.807, 2.05) is 32.2 Å². The van der Waals surface area contributed by atoms with E-state index >= 15 is 0 Å². The van der Waals surface area contributed by atoms with Crippen molar-refractivity contribution in [2.45, 2.75) is 6.92 Å². The molecule has 0 radical (unpaired) electrons. The minimum Gasteiger partial charge on any atom is -0.320 e. The Kier molecular flexibility index (Phi) is 4.93. The van der Waals surface area contributed by atoms with Gasteiger partial charge < -0.3 is 5.32 Å². The number of anilines is 1. The number of hydrogen-bond donors (Lipinski definition) is 1. The largest absolute Gasteiger partial charge is 0.320 e. The van der Waals surface area contributed by atoms with E-state index in [-0.39, 0.29) is 16.4 Å². The molecule has 30 heavy (non-hydrogen) atoms. The number of nitrogens with zero attached hydrogens (tertiary/aromatic N) is 4. The number of aromatic nitrogens is 3. The van der Waals surface area contributed by atoms with Crippen LogP contribution in [0.5, 0.6) is 0 Å². The molecule has 4 aromatic rings. The van der Waals surface area contributed by atoms with Crippen LogP contribution in [-0.4, -0.2) is 25.6 Å². The Morgan fingerprint density at radius 2 is 1.97 bits per heavy atom. The van der Waals surface area contributed by atoms with Gasteiger partial charge in [-0.25, -0.2) is 4.98 Å². The maximum atomic E-state index is 13.1. The fourth-order valence-electron chi connectivity index (χ4n) is 3.16. The van der Waals surface area contributed by atoms with E-state index in [4.69, 9.17) is 11.6 Å². The van der Waals surface area contributed by atoms with Crippen LogP contribution in [0, 0.1) is 17.0 Å². The van der Waals surface area contributed by atoms with Crippen molar-refractivity contribution in [3.05, 3.63) is 81.1 Å². The van der Waals surface area contributed by atoms with Crippen molar-refractivity contribution < 1.29 is 9.72 Å². The molecule has 1 amide bonds. The number of nitro groups is 1. The van der Waals surface area contributed by atoms with Crippen LogP contribution >= 0.6 is 11.6 Å². The van der Waals surface area contributed by atoms with Gasteiger partial charge in [-0.3, -0.25) is 19.6 Å². The number of carbonyl (C=O) groups is 1. The normalized spacial score (nSPS) is 10.9. The van der Waals surface area contributed by atoms with Gasteiger partial charge in [-0.05, 0) is 25.1 Å². The van der Waals surface area contributed by atoms with E-state index in [0.29, 0.717) is 22.2 Å². The molecule has 0 aliphatic rings. The molecule has 0 bridgehead atoms. The van der Waals surface area contributed by atoms with E-state index in [1.54, 1.807) is 23.0 Å². The molecule has 4 rings (SSSR count). The highest BCUT2D eigenvalue weighted by Gasteiger charge is 2.18. The first kappa shape index (κ1) is 19.5. The third-order valence-corrected chi connectivity index (χ3v) is 5.21. The molecular weight excluding hydrogens is 406 g/mol. The van der Waals surface area contributed by atoms with E-state index in [9.17, 15) is 14.9 Å². The smallest absolute Gasteiger partial charge is 0.271 e. The van der Waals surface area contributed by atoms with Crippen LogP contribution < -0.4 is 5.32 Å². The van der Waals surface area contributed by atoms with Crippen molar-refractivity contribution in [2.24, 2.45) is 7.05 Å². The van der Waals surface area contributed by atoms with Crippen LogP contribution in [0.4, 0.5) is 11.4 Å². The first-order valence-corrected chi connectivity index (χ1v) is 9.37. The molecule has 0 unspecified atom stereocenters. The van der Waals surface area contributed by atoms with Crippen molar-refractivity contribution >= 4 is 39.8 Å². The molecule has 9 heteroatoms. The van der Waals surface area contributed by atoms with Gasteiger partial charge in [0.1, 0.15) is 0 Å². The molecular formula is C21H16ClN5O3. The Morgan fingerprint density at radius 1 is 1.20 bits per heavy atom. The number of carbonyl (C=O) groups excluding carboxylic acids is 1. The number of halogens is 1. The van der Waals surface area contributed by atoms with E-state index in [0.717, 1.165) is 11.3 Å². The number of pyridine rings is 1. The second kappa shape index (κ2) is 7.57. The highest BCUT2D eigenvalue weighted by Crippen LogP contribution is 2.30. The third kappa shape index (κ3) is 3.48. The summed E-state index contributed by atoms with van der Waals surface area (Å²) in [6.45, 7) is 1.92. The Bertz CT molecular complexity index is 1320. The van der Waals surface area contributed by atoms with E-state index in [2.05, 4.69) is 15.4 Å². The number of nitrogens with one attached hydrogen (secondary N) is 1. The molecule has 2 heterocycles. The highest BCUT2D eigenvalue weighted by atomic mass is 35.5. The van der Waals surface area contributed by atoms with Crippen molar-refractivity contribution in [1.29, 1.82) is 0 Å². The molecule has 0 aliphatic carbocycles. The average Bonchev–Trinajstić information content (AvgIpc) is 3.07. The standard InChI is InChI=1S/C21H16ClN5O3/c1-12-16(11-23-26(12)2)19-10-15(14-5-3-4-6-18(14)24-19)21(28)25-20-9-13(27(29)30)7-8-17(20)22/h3-11H,1-2H3,(H,25,28). The highest BCUT2D eigenvalue weighted by molar-refractivity contribution is 6.34. The molecule has 1 N–H and O–H groups in total. The monoisotopic (exact) mass is 421 g/mol. The minimum absolute atomic E-state index is 0.163. The molecule has 150 valence electrons. The number of fused-ring (bicyclic) bond motifs is 1. The summed E-state index contributed by atoms with van der Waals surface area (Å²) in [5, 5.41) is 18.9. The first-order valence-electron chi connectivity index (χ1n) is 8.99. The number of non-ortho nitro benzene ring substituents is 1. The van der Waals surface area contributed by atoms with Gasteiger partial charge in [0.2, 0.25) is 0 Å². The van der Waals surface area contributed by atoms with Crippen LogP contribution in [-0.2, 0) is 7.05 Å². The van der Waals surface area contributed by atoms with Crippen molar-refractivity contribution in [1.82, 2.24) is 14.8 Å². The lowest BCUT2D eigenvalue weighted by atomic mass is 10.0. The zero-order valence-electron chi connectivity index (χ0n) is 16.1. The molecule has 0 saturated heterocycles. The maximum Gasteiger partial charge on any atom is 0.271 e. The molecule has 8 nitrogen and oxygen atoms in total. The fourth-order valence-corrected chi connectivity index (χ4v) is 3.33. The van der Waals surface area contributed by atoms with Gasteiger partial charge in [-0.1, -0.05) is 29.8 Å². The van der Waals surface area contributed by atoms with Gasteiger partial charge in [-0.2, -0.15) is 5.10 Å². The van der Waals surface area contributed by atoms with Crippen molar-refractivity contribution in [3.63, 3.8) is 0 Å². The number of para-hydroxylation sites is 1. The molecule has 0 saturated carbocycles. The van der Waals surface area contributed by atoms with Crippen molar-refractivity contribution in [3.8, 4) is 11.3 Å². The SMILES string of the molecule is Cc1c(-c2cc(C(=O)Nc3cc([N+](=O)[O-])ccc3Cl)c3ccccc3n2)cnn1C. The van der Waals surface area contributed by atoms with E-state index < -0.39 is 10.8 Å². The van der Waals surface area contributed by atoms with Crippen LogP contribution in [0.1, 0.15) is 16.1 Å². The summed E-state index contributed by atoms with van der Waals surface area (Å²) in [7, 11) is 1.83. The van der Waals surface area contributed by atoms with Gasteiger partial charge >= 0.3 is 0 Å². The number of amides is 1. The summed E-state index contributed by atoms with van der Waals surface area (Å²) < 4.78 is 1.73. The fraction of sp³-hybridized carbons (Fsp3) is 0.0952. The Morgan fingerprint density at radius 3 is 2.67 bits per heavy atom. The summed E-state index contributed by atoms with van der Waals surface area (Å²) in [5.41, 5.74) is 3.35. The number of hydrogen-bond acceptors (Lipinski definition) is 5. The number of rotatable bonds is 4. The van der Waals surface area contributed by atoms with Gasteiger partial charge in [0.15, 0.2) is 0 Å². The molecule has 0 aliphatic heterocycles. The van der Waals surface area contributed by atoms with Crippen molar-refractivity contribution in [2.75, 3.05) is 5.32 Å². The predicted molar refractivity (Wildman–Crippen MR) is 115 cm³/mol. The summed E-state index contributed by atoms with van der Waals surface area (Å²) in [6, 6.07) is 12.9. The quantitative estimate of drug-likeness (QED) is 0.378. The lowest BCUT2D eigenvalue weighted by Crippen LogP contribution is -2.13. The predicted octanol–water partition coefficient (Wildman–Crippen LogP) is 4.76. The van der Waals surface area contributed by atoms with Gasteiger partial charge in [0, 0.05) is 35.8 Å². The van der Waals surface area contributed by atoms with Gasteiger partial charge in [-0.15, -0.1) is 0 Å². The van der Waals surface area contributed by atoms with E-state index in [1.165, 1.54) is 18.2 Å². The molecule has 2 aromatic carbocycles. The summed E-state index contributed by atoms with van der Waals surface area (Å²) in [4.78, 5) is 28.3. The van der Waals surface area contributed by atoms with Gasteiger partial charge in [0.25, 0.3) is 11.6 Å². The first-order chi connectivity index (χ1) is 14.3. The molecule has 0 fully saturated rings. The molecule has 2 aromatic heterocycles. The molecule has 0 spiro atoms. The molecule has 0 atom stereocenters. The lowest BCUT2D eigenvalue weighted by Gasteiger charge is -2.11. The average molecular weight is 422 g/mol. The number of nitro benzene ring substituents is 1. The Hall–Kier alpha value is -3.78. The van der Waals surface area contributed by atoms with Crippen LogP contribution in [0.25, 0.3) is 22.2 Å². The Balaban J connectivity index is 1.82. The number of benzene rings is 2. The summed E-state index contributed by atoms with van der Waals surface area (Å²) in [6.07, 6.45) is 1.70. The zero-order valence-corrected chi connectivity index (χ0v) is 16.8. The zero-order chi connectivity index (χ0) is 21.4. The second-order valence-electron chi connectivity index (χ2n) is 6.71. The van der Waals surface area contributed by atoms with Crippen LogP contribution in [0.3, 0.4) is 0 Å². The van der Waals surface area contributed by atoms with Crippen LogP contribution in [0.2, 0.25) is 5.02 Å². The summed E-state index contributed by atoms with van der Waals surface area (Å²) in [5.74, 6) is -0.446. The minimum atomic E-state index is -0.545. The second-order valence-corrected chi connectivity index (χ2v) is 7.12. The summed E-state index contributed by atoms with van der Waals surface area (Å²) >= 11 is 6.14. The lowest BCUT2D eigenvalue weighted by molar-refractivity contribution is -0.384. The maximum absolute atomic E-state index is 13.1. The topological polar surface area (TPSA) is 103 Å². The Labute approximate surface area is 176 Å².